The van der Waals surface area contributed by atoms with Crippen molar-refractivity contribution in [3.05, 3.63) is 71.6 Å². The summed E-state index contributed by atoms with van der Waals surface area (Å²) in [5.41, 5.74) is 1.67. The van der Waals surface area contributed by atoms with Gasteiger partial charge in [0.1, 0.15) is 10.6 Å². The van der Waals surface area contributed by atoms with E-state index in [2.05, 4.69) is 16.9 Å². The molecule has 1 N–H and O–H groups in total. The van der Waals surface area contributed by atoms with E-state index in [1.54, 1.807) is 44.2 Å². The Balaban J connectivity index is 0.00000190. The van der Waals surface area contributed by atoms with Crippen LogP contribution in [0.25, 0.3) is 0 Å². The van der Waals surface area contributed by atoms with Gasteiger partial charge >= 0.3 is 0 Å². The van der Waals surface area contributed by atoms with Gasteiger partial charge in [0, 0.05) is 5.56 Å². The number of nitrogens with one attached hydrogen (secondary N) is 1. The van der Waals surface area contributed by atoms with Crippen LogP contribution in [0.2, 0.25) is 0 Å². The Morgan fingerprint density at radius 2 is 2.04 bits per heavy atom. The second kappa shape index (κ2) is 10.6. The Hall–Kier alpha value is -2.65. The number of nitrogens with zero attached hydrogens (tertiary/aromatic N) is 2. The quantitative estimate of drug-likeness (QED) is 0.527. The van der Waals surface area contributed by atoms with Crippen molar-refractivity contribution in [3.8, 4) is 6.07 Å². The summed E-state index contributed by atoms with van der Waals surface area (Å²) < 4.78 is 13.1. The van der Waals surface area contributed by atoms with Gasteiger partial charge in [0.2, 0.25) is 5.91 Å². The number of benzene rings is 1. The van der Waals surface area contributed by atoms with Crippen LogP contribution in [0.15, 0.2) is 65.2 Å². The minimum atomic E-state index is -0.841. The van der Waals surface area contributed by atoms with Crippen LogP contribution in [-0.2, 0) is 4.79 Å². The van der Waals surface area contributed by atoms with Gasteiger partial charge in [-0.25, -0.2) is 4.39 Å². The number of halogens is 1. The predicted molar refractivity (Wildman–Crippen MR) is 115 cm³/mol. The number of allylic oxidation sites excluding steroid dienone is 4. The molecule has 1 fully saturated rings. The lowest BCUT2D eigenvalue weighted by Crippen LogP contribution is -2.34. The molecule has 2 rings (SSSR count). The molecule has 0 saturated carbocycles. The van der Waals surface area contributed by atoms with E-state index in [1.807, 2.05) is 26.8 Å². The summed E-state index contributed by atoms with van der Waals surface area (Å²) in [7, 11) is 0. The summed E-state index contributed by atoms with van der Waals surface area (Å²) >= 11 is 1.29. The zero-order valence-corrected chi connectivity index (χ0v) is 17.7. The Morgan fingerprint density at radius 1 is 1.39 bits per heavy atom. The van der Waals surface area contributed by atoms with E-state index in [-0.39, 0.29) is 11.7 Å². The van der Waals surface area contributed by atoms with Crippen molar-refractivity contribution in [1.82, 2.24) is 5.32 Å². The number of carbonyl (C=O) groups excluding carboxylic acids is 1. The number of amides is 1. The van der Waals surface area contributed by atoms with E-state index < -0.39 is 10.8 Å². The molecule has 28 heavy (non-hydrogen) atoms. The maximum Gasteiger partial charge on any atom is 0.246 e. The largest absolute Gasteiger partial charge is 0.304 e. The molecular weight excluding hydrogens is 373 g/mol. The molecular formula is C22H26FN3OS. The van der Waals surface area contributed by atoms with E-state index in [4.69, 9.17) is 5.26 Å². The van der Waals surface area contributed by atoms with Gasteiger partial charge in [-0.15, -0.1) is 0 Å². The normalized spacial score (nSPS) is 22.0. The first-order valence-electron chi connectivity index (χ1n) is 9.06. The van der Waals surface area contributed by atoms with Crippen LogP contribution in [0.4, 0.5) is 4.39 Å². The third kappa shape index (κ3) is 5.43. The van der Waals surface area contributed by atoms with Gasteiger partial charge in [-0.1, -0.05) is 62.5 Å². The Kier molecular flexibility index (Phi) is 8.87. The number of rotatable bonds is 5. The molecule has 1 aliphatic heterocycles. The fourth-order valence-corrected chi connectivity index (χ4v) is 3.50. The first-order valence-corrected chi connectivity index (χ1v) is 9.87. The maximum absolute atomic E-state index is 13.9. The minimum absolute atomic E-state index is 0.193. The molecule has 0 radical (unpaired) electrons. The Labute approximate surface area is 170 Å². The first-order chi connectivity index (χ1) is 13.3. The third-order valence-corrected chi connectivity index (χ3v) is 5.55. The molecule has 0 aliphatic carbocycles. The monoisotopic (exact) mass is 399 g/mol. The van der Waals surface area contributed by atoms with Gasteiger partial charge < -0.3 is 5.32 Å². The number of aliphatic imine (C=N–C) groups is 1. The highest BCUT2D eigenvalue weighted by molar-refractivity contribution is 8.16. The molecule has 1 aromatic rings. The van der Waals surface area contributed by atoms with Crippen molar-refractivity contribution < 1.29 is 9.18 Å². The van der Waals surface area contributed by atoms with Crippen LogP contribution in [0.3, 0.4) is 0 Å². The fraction of sp³-hybridized carbons (Fsp3) is 0.318. The molecule has 4 nitrogen and oxygen atoms in total. The third-order valence-electron chi connectivity index (χ3n) is 4.24. The zero-order valence-electron chi connectivity index (χ0n) is 16.9. The standard InChI is InChI=1S/C20H20FN3OS.C2H6/c1-5-15(12-22)11-10-13(2)20(4)18(25)24-19(26-20)23-14(3)16-8-6-7-9-17(16)21;1-2/h5-11,14H,1H2,2-4H3,(H,23,24,25);1-2H3/b13-10+,15-11+;/t14-,20?;/m0./s1. The van der Waals surface area contributed by atoms with Crippen molar-refractivity contribution in [2.75, 3.05) is 0 Å². The molecule has 1 unspecified atom stereocenters. The summed E-state index contributed by atoms with van der Waals surface area (Å²) in [6.45, 7) is 13.0. The van der Waals surface area contributed by atoms with Crippen molar-refractivity contribution in [2.45, 2.75) is 45.4 Å². The van der Waals surface area contributed by atoms with Gasteiger partial charge in [-0.2, -0.15) is 5.26 Å². The zero-order chi connectivity index (χ0) is 21.3. The molecule has 1 heterocycles. The van der Waals surface area contributed by atoms with E-state index in [1.165, 1.54) is 23.9 Å². The highest BCUT2D eigenvalue weighted by Gasteiger charge is 2.43. The second-order valence-corrected chi connectivity index (χ2v) is 7.42. The second-order valence-electron chi connectivity index (χ2n) is 6.01. The summed E-state index contributed by atoms with van der Waals surface area (Å²) in [6.07, 6.45) is 4.81. The molecule has 1 aromatic carbocycles. The molecule has 1 aliphatic rings. The van der Waals surface area contributed by atoms with Crippen molar-refractivity contribution >= 4 is 22.8 Å². The summed E-state index contributed by atoms with van der Waals surface area (Å²) in [5, 5.41) is 12.2. The predicted octanol–water partition coefficient (Wildman–Crippen LogP) is 5.47. The lowest BCUT2D eigenvalue weighted by atomic mass is 10.00. The Morgan fingerprint density at radius 3 is 2.61 bits per heavy atom. The smallest absolute Gasteiger partial charge is 0.246 e. The van der Waals surface area contributed by atoms with E-state index in [0.29, 0.717) is 16.3 Å². The number of nitriles is 1. The highest BCUT2D eigenvalue weighted by atomic mass is 32.2. The molecule has 6 heteroatoms. The van der Waals surface area contributed by atoms with Crippen LogP contribution < -0.4 is 5.32 Å². The highest BCUT2D eigenvalue weighted by Crippen LogP contribution is 2.39. The van der Waals surface area contributed by atoms with Crippen LogP contribution >= 0.6 is 11.8 Å². The van der Waals surface area contributed by atoms with Crippen LogP contribution in [-0.4, -0.2) is 15.8 Å². The molecule has 1 saturated heterocycles. The summed E-state index contributed by atoms with van der Waals surface area (Å²) in [4.78, 5) is 16.9. The number of thioether (sulfide) groups is 1. The first kappa shape index (κ1) is 23.4. The molecule has 2 atom stereocenters. The molecule has 0 aromatic heterocycles. The number of amidine groups is 1. The van der Waals surface area contributed by atoms with Crippen molar-refractivity contribution in [2.24, 2.45) is 4.99 Å². The Bertz CT molecular complexity index is 867. The van der Waals surface area contributed by atoms with Gasteiger partial charge in [-0.05, 0) is 38.5 Å². The van der Waals surface area contributed by atoms with Crippen molar-refractivity contribution in [3.63, 3.8) is 0 Å². The molecule has 1 amide bonds. The maximum atomic E-state index is 13.9. The van der Waals surface area contributed by atoms with E-state index in [0.717, 1.165) is 5.57 Å². The lowest BCUT2D eigenvalue weighted by Gasteiger charge is -2.19. The van der Waals surface area contributed by atoms with Gasteiger partial charge in [-0.3, -0.25) is 9.79 Å². The summed E-state index contributed by atoms with van der Waals surface area (Å²) in [6, 6.07) is 8.05. The van der Waals surface area contributed by atoms with Crippen LogP contribution in [0, 0.1) is 17.1 Å². The lowest BCUT2D eigenvalue weighted by molar-refractivity contribution is -0.120. The number of hydrogen-bond donors (Lipinski definition) is 1. The minimum Gasteiger partial charge on any atom is -0.304 e. The van der Waals surface area contributed by atoms with E-state index >= 15 is 0 Å². The number of carbonyl (C=O) groups is 1. The van der Waals surface area contributed by atoms with E-state index in [9.17, 15) is 9.18 Å². The topological polar surface area (TPSA) is 65.2 Å². The summed E-state index contributed by atoms with van der Waals surface area (Å²) in [5.74, 6) is -0.516. The van der Waals surface area contributed by atoms with Crippen LogP contribution in [0.1, 0.15) is 46.2 Å². The average molecular weight is 400 g/mol. The molecule has 148 valence electrons. The average Bonchev–Trinajstić information content (AvgIpc) is 2.98. The number of hydrogen-bond acceptors (Lipinski definition) is 4. The SMILES string of the molecule is C=C/C(C#N)=C\C=C(/C)C1(C)SC(=N[C@@H](C)c2ccccc2F)NC1=O.CC. The molecule has 0 spiro atoms. The fourth-order valence-electron chi connectivity index (χ4n) is 2.38. The van der Waals surface area contributed by atoms with Crippen LogP contribution in [0.5, 0.6) is 0 Å². The van der Waals surface area contributed by atoms with Gasteiger partial charge in [0.05, 0.1) is 17.7 Å². The molecule has 0 bridgehead atoms. The van der Waals surface area contributed by atoms with Crippen molar-refractivity contribution in [1.29, 1.82) is 5.26 Å². The van der Waals surface area contributed by atoms with Gasteiger partial charge in [0.25, 0.3) is 0 Å². The van der Waals surface area contributed by atoms with Gasteiger partial charge in [0.15, 0.2) is 5.17 Å².